The minimum absolute atomic E-state index is 0. The van der Waals surface area contributed by atoms with E-state index in [1.165, 1.54) is 27.9 Å². The Labute approximate surface area is 466 Å². The van der Waals surface area contributed by atoms with Gasteiger partial charge in [-0.15, -0.1) is 54.1 Å². The van der Waals surface area contributed by atoms with E-state index >= 15 is 0 Å². The number of nitrogens with zero attached hydrogens (tertiary/aromatic N) is 4. The van der Waals surface area contributed by atoms with E-state index in [0.29, 0.717) is 29.2 Å². The minimum atomic E-state index is -0.399. The summed E-state index contributed by atoms with van der Waals surface area (Å²) in [5.41, 5.74) is 15.7. The normalized spacial score (nSPS) is 12.7. The second-order valence-electron chi connectivity index (χ2n) is 20.8. The Hall–Kier alpha value is -7.89. The molecule has 13 aromatic rings. The fourth-order valence-corrected chi connectivity index (χ4v) is 10.9. The standard InChI is InChI=1S/C45H35N2O.C25H25N2.Ir/c1-27(2)33-14-10-15-34(28(3)4)43(33)47-41-19-9-8-18-40(41)46-45(47)37-17-11-16-36-39-25-32-21-20-31-24-30(29-12-6-5-7-13-29)22-23-35(31)38(32)26-42(39)48-44(36)37;1-17(2)20-13-10-14-21(18(3)4)24(20)27-23-16-9-8-15-22(23)26-25(27)19-11-6-5-7-12-19;/h5-16,18-28H,1-4H3;5-11,13-18H,1-4H3;/q2*-1;/i5D,6D,7D,12D,13D;;. The van der Waals surface area contributed by atoms with Crippen LogP contribution in [0, 0.1) is 12.1 Å². The molecule has 0 aliphatic carbocycles. The summed E-state index contributed by atoms with van der Waals surface area (Å²) in [5, 5.41) is 5.87. The van der Waals surface area contributed by atoms with Crippen molar-refractivity contribution in [2.75, 3.05) is 0 Å². The third kappa shape index (κ3) is 8.83. The van der Waals surface area contributed by atoms with Gasteiger partial charge in [0.05, 0.1) is 46.2 Å². The van der Waals surface area contributed by atoms with Crippen LogP contribution in [0.15, 0.2) is 198 Å². The van der Waals surface area contributed by atoms with Crippen LogP contribution in [0.25, 0.3) is 111 Å². The van der Waals surface area contributed by atoms with Crippen molar-refractivity contribution in [3.8, 4) is 45.3 Å². The van der Waals surface area contributed by atoms with Crippen molar-refractivity contribution in [3.63, 3.8) is 0 Å². The van der Waals surface area contributed by atoms with Gasteiger partial charge >= 0.3 is 0 Å². The van der Waals surface area contributed by atoms with Crippen molar-refractivity contribution in [3.05, 3.63) is 228 Å². The number of rotatable bonds is 9. The van der Waals surface area contributed by atoms with Gasteiger partial charge < -0.3 is 13.6 Å². The first-order chi connectivity index (χ1) is 38.6. The van der Waals surface area contributed by atoms with Crippen LogP contribution >= 0.6 is 0 Å². The van der Waals surface area contributed by atoms with Gasteiger partial charge in [-0.1, -0.05) is 181 Å². The fraction of sp³-hybridized carbons (Fsp3) is 0.171. The van der Waals surface area contributed by atoms with E-state index in [9.17, 15) is 0 Å². The van der Waals surface area contributed by atoms with Crippen molar-refractivity contribution >= 4 is 65.6 Å². The Morgan fingerprint density at radius 1 is 0.461 bits per heavy atom. The topological polar surface area (TPSA) is 48.8 Å². The van der Waals surface area contributed by atoms with Crippen LogP contribution in [0.3, 0.4) is 0 Å². The predicted octanol–water partition coefficient (Wildman–Crippen LogP) is 19.3. The molecular weight excluding hydrogens is 1110 g/mol. The molecule has 76 heavy (non-hydrogen) atoms. The van der Waals surface area contributed by atoms with Crippen LogP contribution in [0.1, 0.15) is 108 Å². The predicted molar refractivity (Wildman–Crippen MR) is 315 cm³/mol. The van der Waals surface area contributed by atoms with Gasteiger partial charge in [-0.25, -0.2) is 0 Å². The van der Waals surface area contributed by atoms with Gasteiger partial charge in [0.15, 0.2) is 0 Å². The Balaban J connectivity index is 0.000000207. The Morgan fingerprint density at radius 3 is 1.59 bits per heavy atom. The van der Waals surface area contributed by atoms with Crippen LogP contribution in [0.5, 0.6) is 0 Å². The molecule has 0 amide bonds. The van der Waals surface area contributed by atoms with Crippen LogP contribution in [-0.2, 0) is 20.1 Å². The largest absolute Gasteiger partial charge is 0.501 e. The first kappa shape index (κ1) is 44.4. The summed E-state index contributed by atoms with van der Waals surface area (Å²) in [6, 6.07) is 61.4. The zero-order chi connectivity index (χ0) is 55.8. The van der Waals surface area contributed by atoms with E-state index in [-0.39, 0.29) is 49.8 Å². The number of aromatic nitrogens is 4. The molecule has 0 fully saturated rings. The SMILES string of the molecule is CC(C)c1cccc(C(C)C)c1-n1c(-c2[c-]cccc2)nc2ccccc21.[2H]c1c([2H])c([2H])c(-c2ccc3c(ccc4cc5c(cc43)oc3c(-c4nc6ccccc6n4-c4c(C(C)C)cccc4C(C)C)[c-]ccc35)c2)c([2H])c1[2H].[Ir]. The molecule has 3 heterocycles. The van der Waals surface area contributed by atoms with Gasteiger partial charge in [-0.3, -0.25) is 9.97 Å². The van der Waals surface area contributed by atoms with Crippen molar-refractivity contribution in [2.45, 2.75) is 79.1 Å². The monoisotopic (exact) mass is 1170 g/mol. The molecule has 0 N–H and O–H groups in total. The third-order valence-corrected chi connectivity index (χ3v) is 14.6. The van der Waals surface area contributed by atoms with E-state index in [4.69, 9.17) is 21.2 Å². The Bertz CT molecular complexity index is 4490. The first-order valence-electron chi connectivity index (χ1n) is 28.6. The molecule has 0 saturated heterocycles. The molecular formula is C70H60IrN4O-2. The summed E-state index contributed by atoms with van der Waals surface area (Å²) in [5.74, 6) is 3.16. The molecule has 10 aromatic carbocycles. The summed E-state index contributed by atoms with van der Waals surface area (Å²) in [6.07, 6.45) is 0. The quantitative estimate of drug-likeness (QED) is 0.107. The number of furan rings is 1. The minimum Gasteiger partial charge on any atom is -0.501 e. The zero-order valence-electron chi connectivity index (χ0n) is 48.9. The number of benzene rings is 10. The maximum atomic E-state index is 8.49. The molecule has 0 aliphatic heterocycles. The summed E-state index contributed by atoms with van der Waals surface area (Å²) in [4.78, 5) is 10.2. The van der Waals surface area contributed by atoms with Crippen molar-refractivity contribution < 1.29 is 31.4 Å². The number of fused-ring (bicyclic) bond motifs is 8. The Kier molecular flexibility index (Phi) is 12.1. The third-order valence-electron chi connectivity index (χ3n) is 14.6. The van der Waals surface area contributed by atoms with E-state index < -0.39 is 6.04 Å². The molecule has 0 bridgehead atoms. The maximum Gasteiger partial charge on any atom is 0.121 e. The van der Waals surface area contributed by atoms with E-state index in [1.807, 2.05) is 54.6 Å². The Morgan fingerprint density at radius 2 is 1.01 bits per heavy atom. The number of hydrogen-bond acceptors (Lipinski definition) is 3. The second-order valence-corrected chi connectivity index (χ2v) is 20.8. The molecule has 0 unspecified atom stereocenters. The van der Waals surface area contributed by atoms with Crippen LogP contribution in [0.4, 0.5) is 0 Å². The smallest absolute Gasteiger partial charge is 0.121 e. The van der Waals surface area contributed by atoms with Gasteiger partial charge in [0.25, 0.3) is 0 Å². The molecule has 0 spiro atoms. The molecule has 6 heteroatoms. The first-order valence-corrected chi connectivity index (χ1v) is 26.1. The molecule has 0 aliphatic rings. The van der Waals surface area contributed by atoms with Crippen LogP contribution < -0.4 is 0 Å². The molecule has 1 radical (unpaired) electrons. The van der Waals surface area contributed by atoms with E-state index in [1.54, 1.807) is 0 Å². The fourth-order valence-electron chi connectivity index (χ4n) is 10.9. The molecule has 3 aromatic heterocycles. The van der Waals surface area contributed by atoms with Crippen molar-refractivity contribution in [2.24, 2.45) is 0 Å². The van der Waals surface area contributed by atoms with Gasteiger partial charge in [0, 0.05) is 36.9 Å². The van der Waals surface area contributed by atoms with Gasteiger partial charge in [0.2, 0.25) is 0 Å². The van der Waals surface area contributed by atoms with E-state index in [0.717, 1.165) is 94.0 Å². The van der Waals surface area contributed by atoms with Crippen LogP contribution in [-0.4, -0.2) is 19.1 Å². The molecule has 377 valence electrons. The number of imidazole rings is 2. The second kappa shape index (κ2) is 20.7. The molecule has 13 rings (SSSR count). The summed E-state index contributed by atoms with van der Waals surface area (Å²) in [6.45, 7) is 18.0. The van der Waals surface area contributed by atoms with Gasteiger partial charge in [0.1, 0.15) is 5.58 Å². The number of para-hydroxylation sites is 6. The van der Waals surface area contributed by atoms with Gasteiger partial charge in [-0.05, 0) is 121 Å². The van der Waals surface area contributed by atoms with E-state index in [2.05, 4.69) is 186 Å². The summed E-state index contributed by atoms with van der Waals surface area (Å²) in [7, 11) is 0. The van der Waals surface area contributed by atoms with Gasteiger partial charge in [-0.2, -0.15) is 0 Å². The maximum absolute atomic E-state index is 8.49. The number of hydrogen-bond donors (Lipinski definition) is 0. The molecule has 0 saturated carbocycles. The summed E-state index contributed by atoms with van der Waals surface area (Å²) >= 11 is 0. The molecule has 5 nitrogen and oxygen atoms in total. The average Bonchev–Trinajstić information content (AvgIpc) is 4.40. The summed E-state index contributed by atoms with van der Waals surface area (Å²) < 4.78 is 52.7. The van der Waals surface area contributed by atoms with Crippen molar-refractivity contribution in [1.29, 1.82) is 0 Å². The van der Waals surface area contributed by atoms with Crippen LogP contribution in [0.2, 0.25) is 0 Å². The molecule has 0 atom stereocenters. The van der Waals surface area contributed by atoms with Crippen molar-refractivity contribution in [1.82, 2.24) is 19.1 Å². The zero-order valence-corrected chi connectivity index (χ0v) is 46.3. The average molecular weight is 1170 g/mol.